The maximum atomic E-state index is 12.4. The first kappa shape index (κ1) is 18.2. The minimum Gasteiger partial charge on any atom is -0.341 e. The van der Waals surface area contributed by atoms with E-state index in [1.54, 1.807) is 30.3 Å². The SMILES string of the molecule is CCn1ncc(CN(C)C(=O)Cc2ccc(S(C)(=O)=O)cc2)c1C. The van der Waals surface area contributed by atoms with E-state index in [2.05, 4.69) is 5.10 Å². The van der Waals surface area contributed by atoms with Gasteiger partial charge in [-0.2, -0.15) is 5.10 Å². The van der Waals surface area contributed by atoms with Crippen molar-refractivity contribution in [3.05, 3.63) is 47.3 Å². The van der Waals surface area contributed by atoms with Crippen LogP contribution in [-0.2, 0) is 34.1 Å². The van der Waals surface area contributed by atoms with Crippen LogP contribution in [-0.4, -0.2) is 42.3 Å². The van der Waals surface area contributed by atoms with Crippen molar-refractivity contribution >= 4 is 15.7 Å². The number of aromatic nitrogens is 2. The van der Waals surface area contributed by atoms with Crippen molar-refractivity contribution in [2.75, 3.05) is 13.3 Å². The molecule has 0 radical (unpaired) electrons. The maximum absolute atomic E-state index is 12.4. The second-order valence-electron chi connectivity index (χ2n) is 5.91. The summed E-state index contributed by atoms with van der Waals surface area (Å²) in [7, 11) is -1.45. The van der Waals surface area contributed by atoms with Gasteiger partial charge in [-0.05, 0) is 31.5 Å². The molecule has 130 valence electrons. The van der Waals surface area contributed by atoms with Crippen LogP contribution in [0.15, 0.2) is 35.4 Å². The fourth-order valence-corrected chi connectivity index (χ4v) is 3.10. The number of nitrogens with zero attached hydrogens (tertiary/aromatic N) is 3. The Morgan fingerprint density at radius 2 is 1.88 bits per heavy atom. The molecule has 0 atom stereocenters. The standard InChI is InChI=1S/C17H23N3O3S/c1-5-20-13(2)15(11-18-20)12-19(3)17(21)10-14-6-8-16(9-7-14)24(4,22)23/h6-9,11H,5,10,12H2,1-4H3. The van der Waals surface area contributed by atoms with Gasteiger partial charge < -0.3 is 4.90 Å². The van der Waals surface area contributed by atoms with Crippen molar-refractivity contribution in [2.45, 2.75) is 38.3 Å². The van der Waals surface area contributed by atoms with Gasteiger partial charge >= 0.3 is 0 Å². The topological polar surface area (TPSA) is 72.3 Å². The van der Waals surface area contributed by atoms with Crippen molar-refractivity contribution in [3.63, 3.8) is 0 Å². The maximum Gasteiger partial charge on any atom is 0.227 e. The third kappa shape index (κ3) is 4.23. The van der Waals surface area contributed by atoms with Crippen molar-refractivity contribution in [3.8, 4) is 0 Å². The Morgan fingerprint density at radius 1 is 1.25 bits per heavy atom. The monoisotopic (exact) mass is 349 g/mol. The molecule has 2 aromatic rings. The average Bonchev–Trinajstić information content (AvgIpc) is 2.87. The first-order valence-corrected chi connectivity index (χ1v) is 9.65. The van der Waals surface area contributed by atoms with E-state index in [0.29, 0.717) is 6.54 Å². The molecule has 1 amide bonds. The Bertz CT molecular complexity index is 823. The highest BCUT2D eigenvalue weighted by Gasteiger charge is 2.14. The molecule has 0 aliphatic rings. The zero-order chi connectivity index (χ0) is 17.9. The predicted molar refractivity (Wildman–Crippen MR) is 92.4 cm³/mol. The predicted octanol–water partition coefficient (Wildman–Crippen LogP) is 1.82. The molecule has 0 N–H and O–H groups in total. The normalized spacial score (nSPS) is 11.5. The third-order valence-electron chi connectivity index (χ3n) is 4.04. The molecule has 7 heteroatoms. The summed E-state index contributed by atoms with van der Waals surface area (Å²) < 4.78 is 24.8. The van der Waals surface area contributed by atoms with Crippen LogP contribution in [0.25, 0.3) is 0 Å². The van der Waals surface area contributed by atoms with E-state index < -0.39 is 9.84 Å². The van der Waals surface area contributed by atoms with Gasteiger partial charge in [0.05, 0.1) is 17.5 Å². The number of carbonyl (C=O) groups excluding carboxylic acids is 1. The molecule has 0 saturated carbocycles. The summed E-state index contributed by atoms with van der Waals surface area (Å²) in [5, 5.41) is 4.29. The largest absolute Gasteiger partial charge is 0.341 e. The summed E-state index contributed by atoms with van der Waals surface area (Å²) in [6.45, 7) is 5.33. The fourth-order valence-electron chi connectivity index (χ4n) is 2.47. The van der Waals surface area contributed by atoms with Crippen LogP contribution in [0.5, 0.6) is 0 Å². The third-order valence-corrected chi connectivity index (χ3v) is 5.17. The second kappa shape index (κ2) is 7.17. The lowest BCUT2D eigenvalue weighted by molar-refractivity contribution is -0.129. The number of aryl methyl sites for hydroxylation is 1. The fraction of sp³-hybridized carbons (Fsp3) is 0.412. The molecule has 0 saturated heterocycles. The van der Waals surface area contributed by atoms with Gasteiger partial charge in [0.15, 0.2) is 9.84 Å². The smallest absolute Gasteiger partial charge is 0.227 e. The second-order valence-corrected chi connectivity index (χ2v) is 7.93. The van der Waals surface area contributed by atoms with E-state index in [-0.39, 0.29) is 17.2 Å². The van der Waals surface area contributed by atoms with Gasteiger partial charge in [0, 0.05) is 37.7 Å². The van der Waals surface area contributed by atoms with Crippen LogP contribution in [0, 0.1) is 6.92 Å². The van der Waals surface area contributed by atoms with E-state index in [1.165, 1.54) is 18.4 Å². The lowest BCUT2D eigenvalue weighted by Gasteiger charge is -2.17. The summed E-state index contributed by atoms with van der Waals surface area (Å²) in [4.78, 5) is 14.3. The van der Waals surface area contributed by atoms with Gasteiger partial charge in [0.1, 0.15) is 0 Å². The van der Waals surface area contributed by atoms with E-state index in [4.69, 9.17) is 0 Å². The molecule has 0 aliphatic heterocycles. The van der Waals surface area contributed by atoms with Crippen LogP contribution in [0.3, 0.4) is 0 Å². The summed E-state index contributed by atoms with van der Waals surface area (Å²) in [5.41, 5.74) is 2.88. The summed E-state index contributed by atoms with van der Waals surface area (Å²) in [6.07, 6.45) is 3.20. The number of rotatable bonds is 6. The van der Waals surface area contributed by atoms with E-state index >= 15 is 0 Å². The molecule has 0 bridgehead atoms. The van der Waals surface area contributed by atoms with Crippen molar-refractivity contribution in [1.82, 2.24) is 14.7 Å². The highest BCUT2D eigenvalue weighted by molar-refractivity contribution is 7.90. The van der Waals surface area contributed by atoms with E-state index in [9.17, 15) is 13.2 Å². The van der Waals surface area contributed by atoms with Crippen molar-refractivity contribution in [2.24, 2.45) is 0 Å². The minimum absolute atomic E-state index is 0.0224. The number of likely N-dealkylation sites (N-methyl/N-ethyl adjacent to an activating group) is 1. The molecule has 0 fully saturated rings. The number of hydrogen-bond acceptors (Lipinski definition) is 4. The first-order chi connectivity index (χ1) is 11.2. The van der Waals surface area contributed by atoms with Gasteiger partial charge in [-0.1, -0.05) is 12.1 Å². The molecule has 1 aromatic heterocycles. The van der Waals surface area contributed by atoms with Crippen LogP contribution < -0.4 is 0 Å². The van der Waals surface area contributed by atoms with Crippen molar-refractivity contribution < 1.29 is 13.2 Å². The van der Waals surface area contributed by atoms with Gasteiger partial charge in [0.2, 0.25) is 5.91 Å². The van der Waals surface area contributed by atoms with Crippen molar-refractivity contribution in [1.29, 1.82) is 0 Å². The van der Waals surface area contributed by atoms with Gasteiger partial charge in [-0.25, -0.2) is 8.42 Å². The molecule has 1 aromatic carbocycles. The Balaban J connectivity index is 2.02. The molecule has 2 rings (SSSR count). The molecule has 1 heterocycles. The molecule has 0 unspecified atom stereocenters. The van der Waals surface area contributed by atoms with Crippen LogP contribution in [0.4, 0.5) is 0 Å². The molecule has 0 aliphatic carbocycles. The number of amides is 1. The highest BCUT2D eigenvalue weighted by Crippen LogP contribution is 2.13. The number of carbonyl (C=O) groups is 1. The highest BCUT2D eigenvalue weighted by atomic mass is 32.2. The Kier molecular flexibility index (Phi) is 5.43. The zero-order valence-corrected chi connectivity index (χ0v) is 15.3. The Morgan fingerprint density at radius 3 is 2.38 bits per heavy atom. The average molecular weight is 349 g/mol. The number of benzene rings is 1. The lowest BCUT2D eigenvalue weighted by Crippen LogP contribution is -2.28. The lowest BCUT2D eigenvalue weighted by atomic mass is 10.1. The summed E-state index contributed by atoms with van der Waals surface area (Å²) in [6, 6.07) is 6.44. The molecule has 24 heavy (non-hydrogen) atoms. The van der Waals surface area contributed by atoms with Crippen LogP contribution in [0.2, 0.25) is 0 Å². The van der Waals surface area contributed by atoms with Gasteiger partial charge in [0.25, 0.3) is 0 Å². The minimum atomic E-state index is -3.21. The molecular weight excluding hydrogens is 326 g/mol. The first-order valence-electron chi connectivity index (χ1n) is 7.76. The molecule has 0 spiro atoms. The number of sulfone groups is 1. The molecular formula is C17H23N3O3S. The summed E-state index contributed by atoms with van der Waals surface area (Å²) in [5.74, 6) is -0.0224. The zero-order valence-electron chi connectivity index (χ0n) is 14.5. The molecule has 6 nitrogen and oxygen atoms in total. The Hall–Kier alpha value is -2.15. The summed E-state index contributed by atoms with van der Waals surface area (Å²) >= 11 is 0. The van der Waals surface area contributed by atoms with Gasteiger partial charge in [-0.3, -0.25) is 9.48 Å². The van der Waals surface area contributed by atoms with E-state index in [0.717, 1.165) is 23.4 Å². The van der Waals surface area contributed by atoms with Crippen LogP contribution in [0.1, 0.15) is 23.7 Å². The number of hydrogen-bond donors (Lipinski definition) is 0. The van der Waals surface area contributed by atoms with E-state index in [1.807, 2.05) is 18.5 Å². The quantitative estimate of drug-likeness (QED) is 0.797. The van der Waals surface area contributed by atoms with Gasteiger partial charge in [-0.15, -0.1) is 0 Å². The Labute approximate surface area is 143 Å². The van der Waals surface area contributed by atoms with Crippen LogP contribution >= 0.6 is 0 Å².